The van der Waals surface area contributed by atoms with Crippen molar-refractivity contribution in [1.29, 1.82) is 0 Å². The first-order valence-corrected chi connectivity index (χ1v) is 3.84. The van der Waals surface area contributed by atoms with Gasteiger partial charge in [0.05, 0.1) is 6.61 Å². The Bertz CT molecular complexity index is 241. The molecule has 15 heavy (non-hydrogen) atoms. The molecule has 0 aromatic rings. The highest BCUT2D eigenvalue weighted by atomic mass is 19.4. The van der Waals surface area contributed by atoms with E-state index in [-0.39, 0.29) is 6.61 Å². The Hall–Kier alpha value is -1.31. The molecule has 0 rings (SSSR count). The number of hydrogen-bond donors (Lipinski definition) is 2. The van der Waals surface area contributed by atoms with Gasteiger partial charge in [-0.25, -0.2) is 4.79 Å². The number of halogens is 3. The first-order valence-electron chi connectivity index (χ1n) is 3.84. The average Bonchev–Trinajstić information content (AvgIpc) is 1.99. The average molecular weight is 229 g/mol. The molecule has 0 aliphatic rings. The van der Waals surface area contributed by atoms with E-state index in [0.717, 1.165) is 0 Å². The monoisotopic (exact) mass is 229 g/mol. The number of carbonyl (C=O) groups excluding carboxylic acids is 1. The third-order valence-electron chi connectivity index (χ3n) is 1.33. The zero-order chi connectivity index (χ0) is 12.1. The maximum Gasteiger partial charge on any atom is 0.397 e. The van der Waals surface area contributed by atoms with Gasteiger partial charge < -0.3 is 15.2 Å². The summed E-state index contributed by atoms with van der Waals surface area (Å²) in [4.78, 5) is 21.1. The number of rotatable bonds is 5. The molecule has 0 aliphatic heterocycles. The third-order valence-corrected chi connectivity index (χ3v) is 1.33. The normalized spacial score (nSPS) is 13.3. The van der Waals surface area contributed by atoms with Crippen LogP contribution >= 0.6 is 0 Å². The minimum Gasteiger partial charge on any atom is -0.480 e. The standard InChI is InChI=1S/C7H10F3NO4/c1-15-3-4(6(13)14)11-5(12)2-7(8,9)10/h4H,2-3H2,1H3,(H,11,12)(H,13,14). The largest absolute Gasteiger partial charge is 0.480 e. The molecule has 0 bridgehead atoms. The first-order chi connectivity index (χ1) is 6.76. The van der Waals surface area contributed by atoms with Crippen molar-refractivity contribution >= 4 is 11.9 Å². The number of ether oxygens (including phenoxy) is 1. The van der Waals surface area contributed by atoms with Gasteiger partial charge in [0.2, 0.25) is 5.91 Å². The topological polar surface area (TPSA) is 75.6 Å². The zero-order valence-electron chi connectivity index (χ0n) is 7.80. The Labute approximate surface area is 83.2 Å². The van der Waals surface area contributed by atoms with Gasteiger partial charge >= 0.3 is 12.1 Å². The van der Waals surface area contributed by atoms with Crippen molar-refractivity contribution in [2.45, 2.75) is 18.6 Å². The molecule has 0 spiro atoms. The van der Waals surface area contributed by atoms with Gasteiger partial charge in [0, 0.05) is 7.11 Å². The molecule has 0 radical (unpaired) electrons. The van der Waals surface area contributed by atoms with Gasteiger partial charge in [0.25, 0.3) is 0 Å². The van der Waals surface area contributed by atoms with Crippen molar-refractivity contribution in [2.75, 3.05) is 13.7 Å². The molecule has 0 fully saturated rings. The third kappa shape index (κ3) is 6.72. The molecule has 0 saturated heterocycles. The van der Waals surface area contributed by atoms with Crippen LogP contribution in [0, 0.1) is 0 Å². The molecule has 0 heterocycles. The van der Waals surface area contributed by atoms with Gasteiger partial charge in [-0.15, -0.1) is 0 Å². The van der Waals surface area contributed by atoms with Crippen molar-refractivity contribution in [3.05, 3.63) is 0 Å². The quantitative estimate of drug-likeness (QED) is 0.703. The maximum absolute atomic E-state index is 11.7. The molecule has 1 amide bonds. The molecule has 0 aromatic carbocycles. The molecular weight excluding hydrogens is 219 g/mol. The van der Waals surface area contributed by atoms with E-state index < -0.39 is 30.5 Å². The van der Waals surface area contributed by atoms with Crippen LogP contribution in [0.5, 0.6) is 0 Å². The molecule has 0 aromatic heterocycles. The van der Waals surface area contributed by atoms with Crippen LogP contribution in [0.15, 0.2) is 0 Å². The molecule has 0 saturated carbocycles. The van der Waals surface area contributed by atoms with Crippen LogP contribution in [-0.2, 0) is 14.3 Å². The fourth-order valence-corrected chi connectivity index (χ4v) is 0.769. The summed E-state index contributed by atoms with van der Waals surface area (Å²) in [5.74, 6) is -2.85. The summed E-state index contributed by atoms with van der Waals surface area (Å²) in [5.41, 5.74) is 0. The second-order valence-corrected chi connectivity index (χ2v) is 2.71. The Morgan fingerprint density at radius 1 is 1.47 bits per heavy atom. The second-order valence-electron chi connectivity index (χ2n) is 2.71. The van der Waals surface area contributed by atoms with E-state index in [0.29, 0.717) is 0 Å². The minimum absolute atomic E-state index is 0.390. The molecule has 8 heteroatoms. The van der Waals surface area contributed by atoms with E-state index in [4.69, 9.17) is 5.11 Å². The number of nitrogens with one attached hydrogen (secondary N) is 1. The lowest BCUT2D eigenvalue weighted by molar-refractivity contribution is -0.157. The highest BCUT2D eigenvalue weighted by Gasteiger charge is 2.32. The van der Waals surface area contributed by atoms with Crippen LogP contribution in [0.1, 0.15) is 6.42 Å². The first kappa shape index (κ1) is 13.7. The Kier molecular flexibility index (Phi) is 5.06. The summed E-state index contributed by atoms with van der Waals surface area (Å²) < 4.78 is 39.5. The van der Waals surface area contributed by atoms with E-state index in [9.17, 15) is 22.8 Å². The van der Waals surface area contributed by atoms with Gasteiger partial charge in [-0.2, -0.15) is 13.2 Å². The summed E-state index contributed by atoms with van der Waals surface area (Å²) >= 11 is 0. The number of carboxylic acid groups (broad SMARTS) is 1. The van der Waals surface area contributed by atoms with Crippen molar-refractivity contribution in [1.82, 2.24) is 5.32 Å². The van der Waals surface area contributed by atoms with Crippen LogP contribution in [0.4, 0.5) is 13.2 Å². The number of carbonyl (C=O) groups is 2. The fourth-order valence-electron chi connectivity index (χ4n) is 0.769. The lowest BCUT2D eigenvalue weighted by Gasteiger charge is -2.14. The van der Waals surface area contributed by atoms with E-state index in [1.807, 2.05) is 0 Å². The highest BCUT2D eigenvalue weighted by molar-refractivity contribution is 5.83. The number of amides is 1. The van der Waals surface area contributed by atoms with Gasteiger partial charge in [-0.1, -0.05) is 0 Å². The molecule has 5 nitrogen and oxygen atoms in total. The van der Waals surface area contributed by atoms with Crippen LogP contribution in [0.25, 0.3) is 0 Å². The lowest BCUT2D eigenvalue weighted by Crippen LogP contribution is -2.44. The summed E-state index contributed by atoms with van der Waals surface area (Å²) in [6.07, 6.45) is -6.36. The molecule has 88 valence electrons. The van der Waals surface area contributed by atoms with Crippen LogP contribution in [0.2, 0.25) is 0 Å². The molecule has 2 N–H and O–H groups in total. The predicted molar refractivity (Wildman–Crippen MR) is 42.1 cm³/mol. The van der Waals surface area contributed by atoms with Gasteiger partial charge in [-0.05, 0) is 0 Å². The molecular formula is C7H10F3NO4. The number of methoxy groups -OCH3 is 1. The number of aliphatic carboxylic acids is 1. The Balaban J connectivity index is 4.18. The minimum atomic E-state index is -4.65. The van der Waals surface area contributed by atoms with Crippen molar-refractivity contribution in [3.8, 4) is 0 Å². The van der Waals surface area contributed by atoms with Crippen molar-refractivity contribution in [3.63, 3.8) is 0 Å². The summed E-state index contributed by atoms with van der Waals surface area (Å²) in [6.45, 7) is -0.390. The SMILES string of the molecule is COCC(NC(=O)CC(F)(F)F)C(=O)O. The molecule has 1 unspecified atom stereocenters. The fraction of sp³-hybridized carbons (Fsp3) is 0.714. The van der Waals surface area contributed by atoms with Gasteiger partial charge in [0.1, 0.15) is 6.42 Å². The maximum atomic E-state index is 11.7. The van der Waals surface area contributed by atoms with Crippen molar-refractivity contribution in [2.24, 2.45) is 0 Å². The van der Waals surface area contributed by atoms with E-state index in [1.165, 1.54) is 7.11 Å². The Morgan fingerprint density at radius 2 is 2.00 bits per heavy atom. The van der Waals surface area contributed by atoms with Crippen LogP contribution in [-0.4, -0.2) is 42.9 Å². The lowest BCUT2D eigenvalue weighted by atomic mass is 10.3. The van der Waals surface area contributed by atoms with Gasteiger partial charge in [0.15, 0.2) is 6.04 Å². The van der Waals surface area contributed by atoms with Gasteiger partial charge in [-0.3, -0.25) is 4.79 Å². The number of hydrogen-bond acceptors (Lipinski definition) is 3. The van der Waals surface area contributed by atoms with Crippen LogP contribution in [0.3, 0.4) is 0 Å². The highest BCUT2D eigenvalue weighted by Crippen LogP contribution is 2.18. The second kappa shape index (κ2) is 5.54. The zero-order valence-corrected chi connectivity index (χ0v) is 7.80. The summed E-state index contributed by atoms with van der Waals surface area (Å²) in [6, 6.07) is -1.47. The summed E-state index contributed by atoms with van der Waals surface area (Å²) in [5, 5.41) is 10.2. The predicted octanol–water partition coefficient (Wildman–Crippen LogP) is 0.155. The van der Waals surface area contributed by atoms with E-state index in [2.05, 4.69) is 4.74 Å². The van der Waals surface area contributed by atoms with Crippen molar-refractivity contribution < 1.29 is 32.6 Å². The Morgan fingerprint density at radius 3 is 2.33 bits per heavy atom. The number of alkyl halides is 3. The van der Waals surface area contributed by atoms with E-state index in [1.54, 1.807) is 5.32 Å². The van der Waals surface area contributed by atoms with Crippen LogP contribution < -0.4 is 5.32 Å². The molecule has 0 aliphatic carbocycles. The number of carboxylic acids is 1. The molecule has 1 atom stereocenters. The smallest absolute Gasteiger partial charge is 0.397 e. The summed E-state index contributed by atoms with van der Waals surface area (Å²) in [7, 11) is 1.17. The van der Waals surface area contributed by atoms with E-state index >= 15 is 0 Å².